The van der Waals surface area contributed by atoms with Gasteiger partial charge in [-0.1, -0.05) is 0 Å². The van der Waals surface area contributed by atoms with Gasteiger partial charge in [0.05, 0.1) is 12.5 Å². The molecule has 0 aromatic carbocycles. The Kier molecular flexibility index (Phi) is 3.37. The molecule has 4 heteroatoms. The van der Waals surface area contributed by atoms with Crippen molar-refractivity contribution >= 4 is 5.91 Å². The van der Waals surface area contributed by atoms with Crippen molar-refractivity contribution < 1.29 is 9.53 Å². The first kappa shape index (κ1) is 9.93. The fraction of sp³-hybridized carbons (Fsp3) is 0.900. The first-order chi connectivity index (χ1) is 6.86. The van der Waals surface area contributed by atoms with E-state index in [4.69, 9.17) is 4.74 Å². The summed E-state index contributed by atoms with van der Waals surface area (Å²) in [6.45, 7) is 4.39. The van der Waals surface area contributed by atoms with Crippen LogP contribution in [-0.2, 0) is 9.53 Å². The quantitative estimate of drug-likeness (QED) is 0.678. The minimum absolute atomic E-state index is 0.192. The number of hydrogen-bond donors (Lipinski definition) is 1. The monoisotopic (exact) mass is 198 g/mol. The van der Waals surface area contributed by atoms with Crippen LogP contribution in [0, 0.1) is 0 Å². The molecule has 2 fully saturated rings. The molecule has 0 spiro atoms. The SMILES string of the molecule is O=C(CC1CCCO1)N1CCNCC1. The first-order valence-corrected chi connectivity index (χ1v) is 5.46. The van der Waals surface area contributed by atoms with Crippen LogP contribution in [0.2, 0.25) is 0 Å². The largest absolute Gasteiger partial charge is 0.378 e. The van der Waals surface area contributed by atoms with Gasteiger partial charge in [-0.25, -0.2) is 0 Å². The molecule has 0 aliphatic carbocycles. The summed E-state index contributed by atoms with van der Waals surface area (Å²) in [5, 5.41) is 3.24. The maximum Gasteiger partial charge on any atom is 0.225 e. The summed E-state index contributed by atoms with van der Waals surface area (Å²) in [5.41, 5.74) is 0. The van der Waals surface area contributed by atoms with Crippen molar-refractivity contribution in [1.82, 2.24) is 10.2 Å². The molecule has 2 aliphatic rings. The molecule has 14 heavy (non-hydrogen) atoms. The number of rotatable bonds is 2. The first-order valence-electron chi connectivity index (χ1n) is 5.46. The highest BCUT2D eigenvalue weighted by molar-refractivity contribution is 5.76. The van der Waals surface area contributed by atoms with E-state index in [1.807, 2.05) is 4.90 Å². The highest BCUT2D eigenvalue weighted by Crippen LogP contribution is 2.16. The van der Waals surface area contributed by atoms with Gasteiger partial charge in [-0.3, -0.25) is 4.79 Å². The number of carbonyl (C=O) groups excluding carboxylic acids is 1. The van der Waals surface area contributed by atoms with Gasteiger partial charge in [0.25, 0.3) is 0 Å². The average molecular weight is 198 g/mol. The Morgan fingerprint density at radius 1 is 1.43 bits per heavy atom. The van der Waals surface area contributed by atoms with E-state index in [1.54, 1.807) is 0 Å². The zero-order valence-corrected chi connectivity index (χ0v) is 8.50. The van der Waals surface area contributed by atoms with Crippen molar-refractivity contribution in [3.63, 3.8) is 0 Å². The lowest BCUT2D eigenvalue weighted by atomic mass is 10.1. The fourth-order valence-corrected chi connectivity index (χ4v) is 2.04. The Morgan fingerprint density at radius 2 is 2.21 bits per heavy atom. The highest BCUT2D eigenvalue weighted by atomic mass is 16.5. The van der Waals surface area contributed by atoms with Crippen molar-refractivity contribution in [2.45, 2.75) is 25.4 Å². The van der Waals surface area contributed by atoms with Gasteiger partial charge in [0.15, 0.2) is 0 Å². The van der Waals surface area contributed by atoms with Crippen LogP contribution < -0.4 is 5.32 Å². The van der Waals surface area contributed by atoms with Gasteiger partial charge in [-0.15, -0.1) is 0 Å². The smallest absolute Gasteiger partial charge is 0.225 e. The standard InChI is InChI=1S/C10H18N2O2/c13-10(8-9-2-1-7-14-9)12-5-3-11-4-6-12/h9,11H,1-8H2. The van der Waals surface area contributed by atoms with Crippen molar-refractivity contribution in [1.29, 1.82) is 0 Å². The lowest BCUT2D eigenvalue weighted by molar-refractivity contribution is -0.134. The molecule has 0 saturated carbocycles. The summed E-state index contributed by atoms with van der Waals surface area (Å²) in [6, 6.07) is 0. The van der Waals surface area contributed by atoms with Crippen molar-refractivity contribution in [2.24, 2.45) is 0 Å². The van der Waals surface area contributed by atoms with E-state index in [2.05, 4.69) is 5.32 Å². The topological polar surface area (TPSA) is 41.6 Å². The summed E-state index contributed by atoms with van der Waals surface area (Å²) >= 11 is 0. The molecule has 0 aromatic rings. The number of nitrogens with zero attached hydrogens (tertiary/aromatic N) is 1. The summed E-state index contributed by atoms with van der Waals surface area (Å²) in [6.07, 6.45) is 2.94. The van der Waals surface area contributed by atoms with Crippen molar-refractivity contribution in [3.05, 3.63) is 0 Å². The molecule has 80 valence electrons. The highest BCUT2D eigenvalue weighted by Gasteiger charge is 2.23. The van der Waals surface area contributed by atoms with Gasteiger partial charge in [0.1, 0.15) is 0 Å². The molecule has 0 bridgehead atoms. The Morgan fingerprint density at radius 3 is 2.86 bits per heavy atom. The third kappa shape index (κ3) is 2.45. The molecule has 1 amide bonds. The number of amides is 1. The van der Waals surface area contributed by atoms with Crippen LogP contribution in [0.5, 0.6) is 0 Å². The third-order valence-corrected chi connectivity index (χ3v) is 2.90. The Labute approximate surface area is 84.6 Å². The second kappa shape index (κ2) is 4.75. The van der Waals surface area contributed by atoms with Crippen LogP contribution >= 0.6 is 0 Å². The van der Waals surface area contributed by atoms with Gasteiger partial charge in [0, 0.05) is 32.8 Å². The van der Waals surface area contributed by atoms with E-state index >= 15 is 0 Å². The molecule has 4 nitrogen and oxygen atoms in total. The van der Waals surface area contributed by atoms with E-state index in [0.717, 1.165) is 45.6 Å². The third-order valence-electron chi connectivity index (χ3n) is 2.90. The van der Waals surface area contributed by atoms with Gasteiger partial charge >= 0.3 is 0 Å². The molecule has 0 aromatic heterocycles. The van der Waals surface area contributed by atoms with E-state index < -0.39 is 0 Å². The fourth-order valence-electron chi connectivity index (χ4n) is 2.04. The number of ether oxygens (including phenoxy) is 1. The minimum atomic E-state index is 0.192. The molecule has 1 unspecified atom stereocenters. The molecule has 2 saturated heterocycles. The maximum absolute atomic E-state index is 11.8. The van der Waals surface area contributed by atoms with E-state index in [0.29, 0.717) is 6.42 Å². The number of nitrogens with one attached hydrogen (secondary N) is 1. The zero-order valence-electron chi connectivity index (χ0n) is 8.50. The number of hydrogen-bond acceptors (Lipinski definition) is 3. The molecule has 2 heterocycles. The number of carbonyl (C=O) groups is 1. The Hall–Kier alpha value is -0.610. The summed E-state index contributed by atoms with van der Waals surface area (Å²) in [4.78, 5) is 13.7. The van der Waals surface area contributed by atoms with Crippen LogP contribution in [0.25, 0.3) is 0 Å². The van der Waals surface area contributed by atoms with Crippen molar-refractivity contribution in [2.75, 3.05) is 32.8 Å². The maximum atomic E-state index is 11.8. The number of piperazine rings is 1. The zero-order chi connectivity index (χ0) is 9.80. The van der Waals surface area contributed by atoms with Crippen LogP contribution in [0.15, 0.2) is 0 Å². The average Bonchev–Trinajstić information content (AvgIpc) is 2.72. The normalized spacial score (nSPS) is 28.0. The van der Waals surface area contributed by atoms with Crippen LogP contribution in [0.3, 0.4) is 0 Å². The molecule has 1 N–H and O–H groups in total. The predicted molar refractivity (Wildman–Crippen MR) is 53.0 cm³/mol. The second-order valence-electron chi connectivity index (χ2n) is 3.97. The second-order valence-corrected chi connectivity index (χ2v) is 3.97. The minimum Gasteiger partial charge on any atom is -0.378 e. The van der Waals surface area contributed by atoms with E-state index in [9.17, 15) is 4.79 Å². The molecule has 1 atom stereocenters. The Bertz CT molecular complexity index is 196. The van der Waals surface area contributed by atoms with Crippen molar-refractivity contribution in [3.8, 4) is 0 Å². The summed E-state index contributed by atoms with van der Waals surface area (Å²) < 4.78 is 5.45. The van der Waals surface area contributed by atoms with Crippen LogP contribution in [0.4, 0.5) is 0 Å². The van der Waals surface area contributed by atoms with E-state index in [-0.39, 0.29) is 12.0 Å². The lowest BCUT2D eigenvalue weighted by Crippen LogP contribution is -2.47. The molecule has 2 aliphatic heterocycles. The molecular weight excluding hydrogens is 180 g/mol. The lowest BCUT2D eigenvalue weighted by Gasteiger charge is -2.28. The Balaban J connectivity index is 1.75. The molecule has 2 rings (SSSR count). The molecular formula is C10H18N2O2. The van der Waals surface area contributed by atoms with Gasteiger partial charge < -0.3 is 15.0 Å². The molecule has 0 radical (unpaired) electrons. The van der Waals surface area contributed by atoms with Gasteiger partial charge in [0.2, 0.25) is 5.91 Å². The predicted octanol–water partition coefficient (Wildman–Crippen LogP) is -0.0127. The van der Waals surface area contributed by atoms with Gasteiger partial charge in [-0.2, -0.15) is 0 Å². The summed E-state index contributed by atoms with van der Waals surface area (Å²) in [5.74, 6) is 0.262. The van der Waals surface area contributed by atoms with Crippen LogP contribution in [-0.4, -0.2) is 49.7 Å². The summed E-state index contributed by atoms with van der Waals surface area (Å²) in [7, 11) is 0. The van der Waals surface area contributed by atoms with Gasteiger partial charge in [-0.05, 0) is 12.8 Å². The van der Waals surface area contributed by atoms with Crippen LogP contribution in [0.1, 0.15) is 19.3 Å². The van der Waals surface area contributed by atoms with E-state index in [1.165, 1.54) is 0 Å².